The van der Waals surface area contributed by atoms with Crippen LogP contribution < -0.4 is 9.47 Å². The van der Waals surface area contributed by atoms with Crippen molar-refractivity contribution in [1.82, 2.24) is 4.90 Å². The standard InChI is InChI=1S/C22H24N2O6S/c1-6-10-29-21(27)18-12(3)23-22-24(20(26)13(4)31-22)19(18)15-8-9-16(30-14(5)25)17(11-15)28-7-2/h6,8-9,11,13,19H,1,7,10H2,2-5H3/t13-,19+/m1/s1. The molecule has 0 aliphatic carbocycles. The minimum atomic E-state index is -0.750. The van der Waals surface area contributed by atoms with Gasteiger partial charge >= 0.3 is 11.9 Å². The average molecular weight is 445 g/mol. The van der Waals surface area contributed by atoms with Gasteiger partial charge in [-0.2, -0.15) is 0 Å². The fourth-order valence-electron chi connectivity index (χ4n) is 3.39. The third-order valence-corrected chi connectivity index (χ3v) is 5.70. The highest BCUT2D eigenvalue weighted by molar-refractivity contribution is 8.15. The molecule has 31 heavy (non-hydrogen) atoms. The quantitative estimate of drug-likeness (QED) is 0.361. The van der Waals surface area contributed by atoms with Crippen LogP contribution in [0.25, 0.3) is 0 Å². The summed E-state index contributed by atoms with van der Waals surface area (Å²) in [5.74, 6) is -0.620. The first-order chi connectivity index (χ1) is 14.8. The number of rotatable bonds is 7. The molecule has 0 radical (unpaired) electrons. The summed E-state index contributed by atoms with van der Waals surface area (Å²) in [6, 6.07) is 4.21. The van der Waals surface area contributed by atoms with Crippen molar-refractivity contribution in [2.45, 2.75) is 39.0 Å². The molecule has 2 aliphatic heterocycles. The summed E-state index contributed by atoms with van der Waals surface area (Å²) in [6.07, 6.45) is 1.47. The van der Waals surface area contributed by atoms with Crippen LogP contribution in [0, 0.1) is 0 Å². The first kappa shape index (κ1) is 22.6. The fourth-order valence-corrected chi connectivity index (χ4v) is 4.42. The van der Waals surface area contributed by atoms with Crippen LogP contribution >= 0.6 is 11.8 Å². The SMILES string of the molecule is C=CCOC(=O)C1=C(C)N=C2S[C@H](C)C(=O)N2[C@H]1c1ccc(OC(C)=O)c(OCC)c1. The van der Waals surface area contributed by atoms with E-state index in [-0.39, 0.29) is 29.1 Å². The number of carbonyl (C=O) groups excluding carboxylic acids is 3. The smallest absolute Gasteiger partial charge is 0.338 e. The van der Waals surface area contributed by atoms with Crippen LogP contribution in [-0.4, -0.2) is 46.4 Å². The molecular weight excluding hydrogens is 420 g/mol. The molecule has 0 aromatic heterocycles. The normalized spacial score (nSPS) is 20.2. The molecule has 1 aromatic carbocycles. The van der Waals surface area contributed by atoms with E-state index in [1.165, 1.54) is 29.7 Å². The van der Waals surface area contributed by atoms with Crippen molar-refractivity contribution >= 4 is 34.8 Å². The Balaban J connectivity index is 2.13. The molecule has 0 saturated carbocycles. The highest BCUT2D eigenvalue weighted by Gasteiger charge is 2.46. The molecule has 1 amide bonds. The van der Waals surface area contributed by atoms with Gasteiger partial charge in [-0.25, -0.2) is 9.79 Å². The van der Waals surface area contributed by atoms with Gasteiger partial charge < -0.3 is 14.2 Å². The number of aliphatic imine (C=N–C) groups is 1. The van der Waals surface area contributed by atoms with Gasteiger partial charge in [-0.3, -0.25) is 14.5 Å². The first-order valence-corrected chi connectivity index (χ1v) is 10.7. The molecule has 1 saturated heterocycles. The number of allylic oxidation sites excluding steroid dienone is 1. The lowest BCUT2D eigenvalue weighted by Crippen LogP contribution is -2.40. The Morgan fingerprint density at radius 1 is 1.32 bits per heavy atom. The summed E-state index contributed by atoms with van der Waals surface area (Å²) in [6.45, 7) is 10.6. The van der Waals surface area contributed by atoms with Crippen LogP contribution in [-0.2, 0) is 19.1 Å². The maximum Gasteiger partial charge on any atom is 0.338 e. The van der Waals surface area contributed by atoms with E-state index in [2.05, 4.69) is 11.6 Å². The van der Waals surface area contributed by atoms with Gasteiger partial charge in [-0.15, -0.1) is 0 Å². The predicted molar refractivity (Wildman–Crippen MR) is 117 cm³/mol. The van der Waals surface area contributed by atoms with Gasteiger partial charge in [0, 0.05) is 6.92 Å². The topological polar surface area (TPSA) is 94.5 Å². The van der Waals surface area contributed by atoms with Crippen LogP contribution in [0.4, 0.5) is 0 Å². The van der Waals surface area contributed by atoms with Gasteiger partial charge in [0.15, 0.2) is 16.7 Å². The zero-order valence-corrected chi connectivity index (χ0v) is 18.7. The molecule has 0 N–H and O–H groups in total. The minimum absolute atomic E-state index is 0.0353. The van der Waals surface area contributed by atoms with Crippen molar-refractivity contribution < 1.29 is 28.6 Å². The van der Waals surface area contributed by atoms with Crippen molar-refractivity contribution in [1.29, 1.82) is 0 Å². The molecule has 8 nitrogen and oxygen atoms in total. The number of ether oxygens (including phenoxy) is 3. The second kappa shape index (κ2) is 9.38. The third-order valence-electron chi connectivity index (χ3n) is 4.65. The highest BCUT2D eigenvalue weighted by atomic mass is 32.2. The van der Waals surface area contributed by atoms with Gasteiger partial charge in [0.05, 0.1) is 29.2 Å². The summed E-state index contributed by atoms with van der Waals surface area (Å²) < 4.78 is 16.2. The maximum absolute atomic E-state index is 13.0. The van der Waals surface area contributed by atoms with Crippen molar-refractivity contribution in [2.24, 2.45) is 4.99 Å². The molecule has 3 rings (SSSR count). The molecular formula is C22H24N2O6S. The fraction of sp³-hybridized carbons (Fsp3) is 0.364. The molecule has 2 heterocycles. The van der Waals surface area contributed by atoms with E-state index < -0.39 is 18.0 Å². The van der Waals surface area contributed by atoms with Gasteiger partial charge in [-0.05, 0) is 38.5 Å². The van der Waals surface area contributed by atoms with E-state index in [1.807, 2.05) is 0 Å². The number of fused-ring (bicyclic) bond motifs is 1. The van der Waals surface area contributed by atoms with Crippen molar-refractivity contribution in [3.63, 3.8) is 0 Å². The van der Waals surface area contributed by atoms with Gasteiger partial charge in [0.1, 0.15) is 6.61 Å². The van der Waals surface area contributed by atoms with Crippen LogP contribution in [0.2, 0.25) is 0 Å². The summed E-state index contributed by atoms with van der Waals surface area (Å²) in [5, 5.41) is 0.201. The van der Waals surface area contributed by atoms with Crippen molar-refractivity contribution in [3.8, 4) is 11.5 Å². The predicted octanol–water partition coefficient (Wildman–Crippen LogP) is 3.39. The van der Waals surface area contributed by atoms with E-state index >= 15 is 0 Å². The zero-order valence-electron chi connectivity index (χ0n) is 17.8. The molecule has 0 bridgehead atoms. The summed E-state index contributed by atoms with van der Waals surface area (Å²) in [4.78, 5) is 43.3. The van der Waals surface area contributed by atoms with Gasteiger partial charge in [-0.1, -0.05) is 30.5 Å². The monoisotopic (exact) mass is 444 g/mol. The number of nitrogens with zero attached hydrogens (tertiary/aromatic N) is 2. The maximum atomic E-state index is 13.0. The minimum Gasteiger partial charge on any atom is -0.490 e. The number of amides is 1. The second-order valence-electron chi connectivity index (χ2n) is 6.88. The van der Waals surface area contributed by atoms with Crippen LogP contribution in [0.3, 0.4) is 0 Å². The van der Waals surface area contributed by atoms with E-state index in [4.69, 9.17) is 14.2 Å². The lowest BCUT2D eigenvalue weighted by atomic mass is 9.94. The number of benzene rings is 1. The van der Waals surface area contributed by atoms with Gasteiger partial charge in [0.2, 0.25) is 5.91 Å². The number of esters is 2. The van der Waals surface area contributed by atoms with E-state index in [9.17, 15) is 14.4 Å². The van der Waals surface area contributed by atoms with Crippen LogP contribution in [0.15, 0.2) is 47.1 Å². The van der Waals surface area contributed by atoms with E-state index in [0.29, 0.717) is 28.8 Å². The summed E-state index contributed by atoms with van der Waals surface area (Å²) in [5.41, 5.74) is 1.35. The largest absolute Gasteiger partial charge is 0.490 e. The molecule has 2 aliphatic rings. The zero-order chi connectivity index (χ0) is 22.7. The van der Waals surface area contributed by atoms with Crippen LogP contribution in [0.5, 0.6) is 11.5 Å². The van der Waals surface area contributed by atoms with E-state index in [0.717, 1.165) is 0 Å². The lowest BCUT2D eigenvalue weighted by molar-refractivity contribution is -0.139. The Labute approximate surface area is 184 Å². The van der Waals surface area contributed by atoms with E-state index in [1.54, 1.807) is 39.0 Å². The number of carbonyl (C=O) groups is 3. The Kier molecular flexibility index (Phi) is 6.84. The number of hydrogen-bond acceptors (Lipinski definition) is 8. The number of thioether (sulfide) groups is 1. The Morgan fingerprint density at radius 3 is 2.71 bits per heavy atom. The summed E-state index contributed by atoms with van der Waals surface area (Å²) >= 11 is 1.34. The molecule has 0 spiro atoms. The van der Waals surface area contributed by atoms with Gasteiger partial charge in [0.25, 0.3) is 0 Å². The highest BCUT2D eigenvalue weighted by Crippen LogP contribution is 2.44. The van der Waals surface area contributed by atoms with Crippen molar-refractivity contribution in [2.75, 3.05) is 13.2 Å². The number of amidine groups is 1. The molecule has 2 atom stereocenters. The molecule has 1 aromatic rings. The van der Waals surface area contributed by atoms with Crippen molar-refractivity contribution in [3.05, 3.63) is 47.7 Å². The molecule has 164 valence electrons. The second-order valence-corrected chi connectivity index (χ2v) is 8.19. The average Bonchev–Trinajstić information content (AvgIpc) is 2.99. The first-order valence-electron chi connectivity index (χ1n) is 9.80. The van der Waals surface area contributed by atoms with Crippen LogP contribution in [0.1, 0.15) is 39.3 Å². The lowest BCUT2D eigenvalue weighted by Gasteiger charge is -2.33. The molecule has 9 heteroatoms. The molecule has 1 fully saturated rings. The third kappa shape index (κ3) is 4.51. The Hall–Kier alpha value is -3.07. The Bertz CT molecular complexity index is 1000. The number of hydrogen-bond donors (Lipinski definition) is 0. The molecule has 0 unspecified atom stereocenters. The Morgan fingerprint density at radius 2 is 2.06 bits per heavy atom. The summed E-state index contributed by atoms with van der Waals surface area (Å²) in [7, 11) is 0.